The zero-order chi connectivity index (χ0) is 11.0. The number of carbonyl (C=O) groups is 3. The molecule has 4 amide bonds. The van der Waals surface area contributed by atoms with Crippen molar-refractivity contribution in [1.29, 1.82) is 0 Å². The first-order valence-corrected chi connectivity index (χ1v) is 4.22. The lowest BCUT2D eigenvalue weighted by Gasteiger charge is -2.10. The van der Waals surface area contributed by atoms with Crippen molar-refractivity contribution in [2.45, 2.75) is 6.92 Å². The molecule has 1 aliphatic heterocycles. The predicted molar refractivity (Wildman–Crippen MR) is 50.0 cm³/mol. The Bertz CT molecular complexity index is 450. The van der Waals surface area contributed by atoms with Gasteiger partial charge >= 0.3 is 17.8 Å². The van der Waals surface area contributed by atoms with Gasteiger partial charge in [0, 0.05) is 0 Å². The molecule has 1 fully saturated rings. The first kappa shape index (κ1) is 9.39. The molecule has 1 aromatic rings. The number of hydrogen-bond acceptors (Lipinski definition) is 3. The lowest BCUT2D eigenvalue weighted by atomic mass is 10.2. The number of nitrogens with zero attached hydrogens (tertiary/aromatic N) is 2. The van der Waals surface area contributed by atoms with Gasteiger partial charge in [-0.05, 0) is 30.7 Å². The van der Waals surface area contributed by atoms with Gasteiger partial charge in [0.2, 0.25) is 0 Å². The van der Waals surface area contributed by atoms with Crippen LogP contribution in [0.3, 0.4) is 0 Å². The first-order chi connectivity index (χ1) is 7.09. The van der Waals surface area contributed by atoms with Crippen LogP contribution in [-0.2, 0) is 9.59 Å². The van der Waals surface area contributed by atoms with E-state index in [2.05, 4.69) is 11.4 Å². The van der Waals surface area contributed by atoms with Crippen LogP contribution in [-0.4, -0.2) is 17.8 Å². The monoisotopic (exact) mass is 202 g/mol. The maximum absolute atomic E-state index is 11.2. The number of imide groups is 2. The molecule has 0 N–H and O–H groups in total. The number of anilines is 1. The molecular weight excluding hydrogens is 196 g/mol. The second-order valence-corrected chi connectivity index (χ2v) is 3.07. The Kier molecular flexibility index (Phi) is 2.00. The second-order valence-electron chi connectivity index (χ2n) is 3.07. The van der Waals surface area contributed by atoms with Gasteiger partial charge in [0.25, 0.3) is 0 Å². The molecule has 0 spiro atoms. The highest BCUT2D eigenvalue weighted by atomic mass is 16.2. The van der Waals surface area contributed by atoms with Crippen molar-refractivity contribution >= 4 is 23.5 Å². The lowest BCUT2D eigenvalue weighted by molar-refractivity contribution is -0.135. The number of amides is 4. The molecule has 5 heteroatoms. The minimum Gasteiger partial charge on any atom is -0.262 e. The van der Waals surface area contributed by atoms with Gasteiger partial charge in [0.05, 0.1) is 5.69 Å². The van der Waals surface area contributed by atoms with Crippen LogP contribution in [0.15, 0.2) is 18.2 Å². The van der Waals surface area contributed by atoms with Crippen LogP contribution in [0.4, 0.5) is 10.5 Å². The van der Waals surface area contributed by atoms with Crippen LogP contribution < -0.4 is 10.2 Å². The molecule has 1 saturated heterocycles. The summed E-state index contributed by atoms with van der Waals surface area (Å²) in [6.07, 6.45) is 0. The molecule has 2 radical (unpaired) electrons. The minimum absolute atomic E-state index is 0.310. The largest absolute Gasteiger partial charge is 0.358 e. The van der Waals surface area contributed by atoms with E-state index in [1.165, 1.54) is 6.07 Å². The van der Waals surface area contributed by atoms with Crippen molar-refractivity contribution in [3.05, 3.63) is 29.8 Å². The molecule has 0 unspecified atom stereocenters. The maximum atomic E-state index is 11.2. The van der Waals surface area contributed by atoms with Crippen LogP contribution in [0.25, 0.3) is 0 Å². The normalized spacial score (nSPS) is 15.8. The third kappa shape index (κ3) is 1.48. The van der Waals surface area contributed by atoms with Crippen molar-refractivity contribution in [3.63, 3.8) is 0 Å². The van der Waals surface area contributed by atoms with Gasteiger partial charge in [-0.1, -0.05) is 6.07 Å². The summed E-state index contributed by atoms with van der Waals surface area (Å²) in [7, 11) is 0. The molecule has 1 heterocycles. The third-order valence-electron chi connectivity index (χ3n) is 1.98. The second kappa shape index (κ2) is 3.20. The van der Waals surface area contributed by atoms with Gasteiger partial charge in [-0.25, -0.2) is 9.69 Å². The van der Waals surface area contributed by atoms with E-state index in [0.717, 1.165) is 10.5 Å². The molecule has 15 heavy (non-hydrogen) atoms. The van der Waals surface area contributed by atoms with Crippen molar-refractivity contribution in [2.75, 3.05) is 4.90 Å². The number of benzene rings is 1. The quantitative estimate of drug-likeness (QED) is 0.488. The Hall–Kier alpha value is -2.17. The fourth-order valence-corrected chi connectivity index (χ4v) is 1.23. The summed E-state index contributed by atoms with van der Waals surface area (Å²) in [5.74, 6) is -1.95. The maximum Gasteiger partial charge on any atom is 0.358 e. The van der Waals surface area contributed by atoms with Crippen molar-refractivity contribution in [2.24, 2.45) is 0 Å². The zero-order valence-corrected chi connectivity index (χ0v) is 7.85. The molecule has 1 aromatic carbocycles. The van der Waals surface area contributed by atoms with Gasteiger partial charge < -0.3 is 0 Å². The molecule has 5 nitrogen and oxygen atoms in total. The van der Waals surface area contributed by atoms with Gasteiger partial charge in [-0.2, -0.15) is 0 Å². The van der Waals surface area contributed by atoms with Crippen molar-refractivity contribution in [3.8, 4) is 0 Å². The van der Waals surface area contributed by atoms with Crippen molar-refractivity contribution in [1.82, 2.24) is 5.32 Å². The molecule has 0 aromatic heterocycles. The van der Waals surface area contributed by atoms with Crippen molar-refractivity contribution < 1.29 is 14.4 Å². The minimum atomic E-state index is -1.03. The number of carbonyl (C=O) groups excluding carboxylic acids is 3. The number of aryl methyl sites for hydroxylation is 1. The highest BCUT2D eigenvalue weighted by molar-refractivity contribution is 6.52. The number of hydrogen-bond donors (Lipinski definition) is 0. The van der Waals surface area contributed by atoms with Gasteiger partial charge in [0.1, 0.15) is 0 Å². The van der Waals surface area contributed by atoms with E-state index in [4.69, 9.17) is 0 Å². The van der Waals surface area contributed by atoms with E-state index >= 15 is 0 Å². The van der Waals surface area contributed by atoms with Crippen LogP contribution in [0, 0.1) is 13.0 Å². The summed E-state index contributed by atoms with van der Waals surface area (Å²) >= 11 is 0. The van der Waals surface area contributed by atoms with Crippen LogP contribution in [0.5, 0.6) is 0 Å². The van der Waals surface area contributed by atoms with Crippen LogP contribution >= 0.6 is 0 Å². The first-order valence-electron chi connectivity index (χ1n) is 4.22. The van der Waals surface area contributed by atoms with E-state index in [1.54, 1.807) is 12.1 Å². The zero-order valence-electron chi connectivity index (χ0n) is 7.85. The van der Waals surface area contributed by atoms with E-state index in [-0.39, 0.29) is 0 Å². The number of rotatable bonds is 1. The predicted octanol–water partition coefficient (Wildman–Crippen LogP) is 0.393. The standard InChI is InChI=1S/C10H6N2O3/c1-6-2-4-7(5-3-6)12-9(14)8(13)11-10(12)15/h2,4-5H,1H3. The Balaban J connectivity index is 2.39. The average molecular weight is 202 g/mol. The molecule has 0 aliphatic carbocycles. The van der Waals surface area contributed by atoms with E-state index < -0.39 is 17.8 Å². The fraction of sp³-hybridized carbons (Fsp3) is 0.100. The average Bonchev–Trinajstić information content (AvgIpc) is 2.44. The molecule has 74 valence electrons. The molecule has 0 bridgehead atoms. The highest BCUT2D eigenvalue weighted by Crippen LogP contribution is 2.18. The van der Waals surface area contributed by atoms with E-state index in [1.807, 2.05) is 6.92 Å². The summed E-state index contributed by atoms with van der Waals surface area (Å²) in [4.78, 5) is 34.0. The van der Waals surface area contributed by atoms with Gasteiger partial charge in [-0.3, -0.25) is 9.59 Å². The Morgan fingerprint density at radius 2 is 2.00 bits per heavy atom. The summed E-state index contributed by atoms with van der Waals surface area (Å²) in [6, 6.07) is 6.72. The Labute approximate surface area is 85.7 Å². The highest BCUT2D eigenvalue weighted by Gasteiger charge is 2.39. The topological polar surface area (TPSA) is 68.6 Å². The summed E-state index contributed by atoms with van der Waals surface area (Å²) in [6.45, 7) is 1.83. The van der Waals surface area contributed by atoms with E-state index in [0.29, 0.717) is 5.69 Å². The molecule has 2 rings (SSSR count). The molecule has 0 saturated carbocycles. The Morgan fingerprint density at radius 1 is 1.27 bits per heavy atom. The number of urea groups is 1. The molecular formula is C10H6N2O3. The molecule has 0 atom stereocenters. The van der Waals surface area contributed by atoms with Gasteiger partial charge in [0.15, 0.2) is 0 Å². The molecule has 1 aliphatic rings. The van der Waals surface area contributed by atoms with E-state index in [9.17, 15) is 14.4 Å². The lowest BCUT2D eigenvalue weighted by Crippen LogP contribution is -2.29. The third-order valence-corrected chi connectivity index (χ3v) is 1.98. The summed E-state index contributed by atoms with van der Waals surface area (Å²) in [5.41, 5.74) is 1.19. The van der Waals surface area contributed by atoms with Crippen LogP contribution in [0.1, 0.15) is 5.56 Å². The van der Waals surface area contributed by atoms with Crippen LogP contribution in [0.2, 0.25) is 0 Å². The van der Waals surface area contributed by atoms with Gasteiger partial charge in [-0.15, -0.1) is 5.32 Å². The SMILES string of the molecule is Cc1[c]cc(N2C(=O)[N]C(=O)C2=O)cc1. The Morgan fingerprint density at radius 3 is 2.47 bits per heavy atom. The fourth-order valence-electron chi connectivity index (χ4n) is 1.23. The smallest absolute Gasteiger partial charge is 0.262 e. The summed E-state index contributed by atoms with van der Waals surface area (Å²) in [5, 5.41) is 3.03. The summed E-state index contributed by atoms with van der Waals surface area (Å²) < 4.78 is 0.